The third-order valence-corrected chi connectivity index (χ3v) is 7.63. The minimum atomic E-state index is -0.694. The van der Waals surface area contributed by atoms with Crippen LogP contribution in [0.2, 0.25) is 0 Å². The van der Waals surface area contributed by atoms with Crippen molar-refractivity contribution in [3.63, 3.8) is 0 Å². The van der Waals surface area contributed by atoms with E-state index in [0.29, 0.717) is 11.4 Å². The lowest BCUT2D eigenvalue weighted by Gasteiger charge is -2.29. The summed E-state index contributed by atoms with van der Waals surface area (Å²) in [5, 5.41) is 39.4. The molecule has 0 radical (unpaired) electrons. The number of nitrogens with one attached hydrogen (secondary N) is 2. The topological polar surface area (TPSA) is 160 Å². The van der Waals surface area contributed by atoms with Crippen molar-refractivity contribution in [3.8, 4) is 11.8 Å². The summed E-state index contributed by atoms with van der Waals surface area (Å²) >= 11 is 0. The Balaban J connectivity index is 1.45. The Morgan fingerprint density at radius 1 is 1.10 bits per heavy atom. The minimum Gasteiger partial charge on any atom is -0.505 e. The Labute approximate surface area is 225 Å². The van der Waals surface area contributed by atoms with Crippen molar-refractivity contribution >= 4 is 28.9 Å². The van der Waals surface area contributed by atoms with Gasteiger partial charge < -0.3 is 5.11 Å². The van der Waals surface area contributed by atoms with Gasteiger partial charge in [0.1, 0.15) is 17.4 Å². The van der Waals surface area contributed by atoms with Crippen LogP contribution in [0.15, 0.2) is 52.6 Å². The van der Waals surface area contributed by atoms with Crippen LogP contribution < -0.4 is 10.3 Å². The third kappa shape index (κ3) is 4.77. The van der Waals surface area contributed by atoms with Crippen molar-refractivity contribution < 1.29 is 14.7 Å². The Morgan fingerprint density at radius 2 is 1.90 bits per heavy atom. The number of tetrazole rings is 1. The van der Waals surface area contributed by atoms with Gasteiger partial charge in [-0.25, -0.2) is 10.00 Å². The second kappa shape index (κ2) is 10.5. The fourth-order valence-electron chi connectivity index (χ4n) is 5.27. The van der Waals surface area contributed by atoms with Gasteiger partial charge in [-0.1, -0.05) is 24.6 Å². The van der Waals surface area contributed by atoms with E-state index in [4.69, 9.17) is 0 Å². The average molecular weight is 525 g/mol. The second-order valence-electron chi connectivity index (χ2n) is 9.99. The number of hydrogen-bond donors (Lipinski definition) is 3. The van der Waals surface area contributed by atoms with Gasteiger partial charge in [0.05, 0.1) is 11.4 Å². The van der Waals surface area contributed by atoms with Gasteiger partial charge in [-0.3, -0.25) is 15.0 Å². The highest BCUT2D eigenvalue weighted by atomic mass is 16.3. The smallest absolute Gasteiger partial charge is 0.286 e. The molecule has 2 atom stereocenters. The van der Waals surface area contributed by atoms with Gasteiger partial charge in [0.25, 0.3) is 11.8 Å². The number of aromatic nitrogens is 4. The van der Waals surface area contributed by atoms with Gasteiger partial charge in [-0.05, 0) is 91.3 Å². The Kier molecular flexibility index (Phi) is 6.94. The number of aromatic hydroxyl groups is 1. The Bertz CT molecular complexity index is 1550. The molecule has 2 amide bonds. The predicted molar refractivity (Wildman–Crippen MR) is 144 cm³/mol. The summed E-state index contributed by atoms with van der Waals surface area (Å²) in [5.41, 5.74) is 6.10. The maximum atomic E-state index is 13.5. The van der Waals surface area contributed by atoms with Crippen molar-refractivity contribution in [2.45, 2.75) is 58.3 Å². The molecular formula is C28H28N8O3. The van der Waals surface area contributed by atoms with Crippen LogP contribution in [0.5, 0.6) is 5.75 Å². The van der Waals surface area contributed by atoms with Gasteiger partial charge in [0.15, 0.2) is 11.5 Å². The number of anilines is 2. The molecule has 2 heterocycles. The predicted octanol–water partition coefficient (Wildman–Crippen LogP) is 4.14. The molecule has 1 fully saturated rings. The zero-order valence-corrected chi connectivity index (χ0v) is 21.9. The molecule has 11 nitrogen and oxygen atoms in total. The summed E-state index contributed by atoms with van der Waals surface area (Å²) in [7, 11) is 0. The number of para-hydroxylation sites is 1. The first kappa shape index (κ1) is 25.8. The molecule has 1 aliphatic heterocycles. The molecule has 11 heteroatoms. The quantitative estimate of drug-likeness (QED) is 0.255. The van der Waals surface area contributed by atoms with Crippen LogP contribution in [-0.4, -0.2) is 43.3 Å². The summed E-state index contributed by atoms with van der Waals surface area (Å²) < 4.78 is 0. The lowest BCUT2D eigenvalue weighted by Crippen LogP contribution is -2.47. The Hall–Kier alpha value is -4.85. The number of phenols is 1. The van der Waals surface area contributed by atoms with Gasteiger partial charge in [-0.15, -0.1) is 5.10 Å². The Morgan fingerprint density at radius 3 is 2.62 bits per heavy atom. The third-order valence-electron chi connectivity index (χ3n) is 7.63. The fraction of sp³-hybridized carbons (Fsp3) is 0.321. The number of carbonyl (C=O) groups is 2. The molecule has 0 saturated heterocycles. The van der Waals surface area contributed by atoms with E-state index in [9.17, 15) is 20.0 Å². The van der Waals surface area contributed by atoms with E-state index in [1.165, 1.54) is 6.92 Å². The number of aromatic amines is 1. The lowest BCUT2D eigenvalue weighted by molar-refractivity contribution is -0.121. The molecule has 39 heavy (non-hydrogen) atoms. The molecule has 0 spiro atoms. The number of aryl methyl sites for hydroxylation is 2. The summed E-state index contributed by atoms with van der Waals surface area (Å²) in [6.07, 6.45) is 3.61. The highest BCUT2D eigenvalue weighted by Crippen LogP contribution is 2.44. The van der Waals surface area contributed by atoms with Crippen LogP contribution in [0.4, 0.5) is 11.4 Å². The summed E-state index contributed by atoms with van der Waals surface area (Å²) in [6, 6.07) is 12.5. The maximum Gasteiger partial charge on any atom is 0.286 e. The number of nitriles is 1. The van der Waals surface area contributed by atoms with Crippen LogP contribution in [-0.2, 0) is 9.59 Å². The summed E-state index contributed by atoms with van der Waals surface area (Å²) in [6.45, 7) is 5.33. The zero-order chi connectivity index (χ0) is 27.7. The van der Waals surface area contributed by atoms with Crippen LogP contribution >= 0.6 is 0 Å². The van der Waals surface area contributed by atoms with E-state index in [1.54, 1.807) is 18.2 Å². The van der Waals surface area contributed by atoms with E-state index in [1.807, 2.05) is 38.1 Å². The fourth-order valence-corrected chi connectivity index (χ4v) is 5.27. The van der Waals surface area contributed by atoms with Crippen molar-refractivity contribution in [2.75, 3.05) is 10.3 Å². The van der Waals surface area contributed by atoms with Crippen molar-refractivity contribution in [2.24, 2.45) is 5.10 Å². The number of phenolic OH excluding ortho intramolecular Hbond substituents is 1. The first-order valence-electron chi connectivity index (χ1n) is 12.8. The highest BCUT2D eigenvalue weighted by molar-refractivity contribution is 6.57. The van der Waals surface area contributed by atoms with E-state index in [2.05, 4.69) is 31.2 Å². The SMILES string of the molecule is CC1=C(C#N)C(=O)N(c2ccc(C)c(C)c2)C(=O)/C1=N\Nc1cccc(C2CCCC(c3nnn[nH]3)C2)c1O. The molecular weight excluding hydrogens is 496 g/mol. The van der Waals surface area contributed by atoms with Gasteiger partial charge in [0.2, 0.25) is 0 Å². The average Bonchev–Trinajstić information content (AvgIpc) is 3.47. The van der Waals surface area contributed by atoms with Crippen molar-refractivity contribution in [3.05, 3.63) is 70.1 Å². The summed E-state index contributed by atoms with van der Waals surface area (Å²) in [5.74, 6) is -0.311. The van der Waals surface area contributed by atoms with Crippen LogP contribution in [0.1, 0.15) is 67.0 Å². The minimum absolute atomic E-state index is 0.0377. The molecule has 3 aromatic rings. The number of carbonyl (C=O) groups excluding carboxylic acids is 2. The first-order valence-corrected chi connectivity index (χ1v) is 12.8. The van der Waals surface area contributed by atoms with Gasteiger partial charge in [-0.2, -0.15) is 10.4 Å². The molecule has 2 unspecified atom stereocenters. The van der Waals surface area contributed by atoms with E-state index in [0.717, 1.165) is 53.1 Å². The number of rotatable bonds is 5. The molecule has 2 aliphatic rings. The number of hydrazone groups is 1. The van der Waals surface area contributed by atoms with Crippen molar-refractivity contribution in [1.82, 2.24) is 20.6 Å². The van der Waals surface area contributed by atoms with E-state index in [-0.39, 0.29) is 34.4 Å². The molecule has 1 aliphatic carbocycles. The summed E-state index contributed by atoms with van der Waals surface area (Å²) in [4.78, 5) is 27.5. The lowest BCUT2D eigenvalue weighted by atomic mass is 9.77. The highest BCUT2D eigenvalue weighted by Gasteiger charge is 2.38. The van der Waals surface area contributed by atoms with Crippen LogP contribution in [0, 0.1) is 25.2 Å². The first-order chi connectivity index (χ1) is 18.8. The largest absolute Gasteiger partial charge is 0.505 e. The number of nitrogens with zero attached hydrogens (tertiary/aromatic N) is 6. The van der Waals surface area contributed by atoms with Crippen molar-refractivity contribution in [1.29, 1.82) is 5.26 Å². The normalized spacial score (nSPS) is 20.9. The molecule has 0 bridgehead atoms. The molecule has 1 aromatic heterocycles. The number of imide groups is 1. The standard InChI is InChI=1S/C28H28N8O3/c1-15-10-11-20(12-16(15)2)36-27(38)22(14-29)17(3)24(28(36)39)31-30-23-9-5-8-21(25(23)37)18-6-4-7-19(13-18)26-32-34-35-33-26/h5,8-12,18-19,30,37H,4,6-7,13H2,1-3H3,(H,32,33,34,35)/b31-24-. The number of benzene rings is 2. The molecule has 3 N–H and O–H groups in total. The second-order valence-corrected chi connectivity index (χ2v) is 9.99. The van der Waals surface area contributed by atoms with Gasteiger partial charge >= 0.3 is 0 Å². The van der Waals surface area contributed by atoms with E-state index >= 15 is 0 Å². The number of amides is 2. The van der Waals surface area contributed by atoms with Gasteiger partial charge in [0, 0.05) is 11.5 Å². The van der Waals surface area contributed by atoms with Crippen LogP contribution in [0.3, 0.4) is 0 Å². The molecule has 198 valence electrons. The molecule has 2 aromatic carbocycles. The van der Waals surface area contributed by atoms with E-state index < -0.39 is 11.8 Å². The maximum absolute atomic E-state index is 13.5. The van der Waals surface area contributed by atoms with Crippen LogP contribution in [0.25, 0.3) is 0 Å². The number of hydrogen-bond acceptors (Lipinski definition) is 9. The molecule has 5 rings (SSSR count). The zero-order valence-electron chi connectivity index (χ0n) is 21.9. The molecule has 1 saturated carbocycles. The monoisotopic (exact) mass is 524 g/mol. The number of H-pyrrole nitrogens is 1.